The molecule has 0 aliphatic heterocycles. The van der Waals surface area contributed by atoms with E-state index in [9.17, 15) is 18.0 Å². The van der Waals surface area contributed by atoms with Crippen LogP contribution in [0.3, 0.4) is 0 Å². The van der Waals surface area contributed by atoms with Crippen molar-refractivity contribution in [3.63, 3.8) is 0 Å². The van der Waals surface area contributed by atoms with Crippen molar-refractivity contribution in [2.24, 2.45) is 0 Å². The Kier molecular flexibility index (Phi) is 4.12. The van der Waals surface area contributed by atoms with Crippen molar-refractivity contribution in [3.05, 3.63) is 57.3 Å². The first kappa shape index (κ1) is 17.2. The number of nitrogens with two attached hydrogens (primary N) is 1. The fourth-order valence-electron chi connectivity index (χ4n) is 2.74. The van der Waals surface area contributed by atoms with Crippen LogP contribution in [-0.2, 0) is 6.18 Å². The van der Waals surface area contributed by atoms with E-state index in [-0.39, 0.29) is 22.2 Å². The molecular weight excluding hydrogens is 357 g/mol. The van der Waals surface area contributed by atoms with E-state index in [1.807, 2.05) is 0 Å². The number of hydrogen-bond donors (Lipinski definition) is 2. The molecule has 0 radical (unpaired) electrons. The number of pyridine rings is 1. The van der Waals surface area contributed by atoms with E-state index < -0.39 is 17.3 Å². The summed E-state index contributed by atoms with van der Waals surface area (Å²) in [5, 5.41) is 0.475. The summed E-state index contributed by atoms with van der Waals surface area (Å²) in [6.45, 7) is 0. The zero-order chi connectivity index (χ0) is 18.4. The average Bonchev–Trinajstić information content (AvgIpc) is 2.54. The van der Waals surface area contributed by atoms with Gasteiger partial charge in [0, 0.05) is 21.5 Å². The fourth-order valence-corrected chi connectivity index (χ4v) is 2.91. The van der Waals surface area contributed by atoms with Crippen LogP contribution >= 0.6 is 11.6 Å². The molecule has 0 unspecified atom stereocenters. The van der Waals surface area contributed by atoms with Gasteiger partial charge < -0.3 is 15.5 Å². The third-order valence-corrected chi connectivity index (χ3v) is 4.06. The first-order chi connectivity index (χ1) is 11.7. The number of hydrogen-bond acceptors (Lipinski definition) is 3. The van der Waals surface area contributed by atoms with Gasteiger partial charge in [0.25, 0.3) is 5.56 Å². The van der Waals surface area contributed by atoms with Gasteiger partial charge in [-0.3, -0.25) is 4.79 Å². The Balaban J connectivity index is 2.50. The number of nitrogens with one attached hydrogen (secondary N) is 1. The van der Waals surface area contributed by atoms with Gasteiger partial charge in [0.05, 0.1) is 18.2 Å². The molecule has 0 bridgehead atoms. The normalized spacial score (nSPS) is 11.7. The predicted octanol–water partition coefficient (Wildman–Crippen LogP) is 4.46. The molecule has 8 heteroatoms. The zero-order valence-electron chi connectivity index (χ0n) is 12.9. The van der Waals surface area contributed by atoms with Crippen molar-refractivity contribution in [2.45, 2.75) is 6.18 Å². The smallest absolute Gasteiger partial charge is 0.418 e. The highest BCUT2D eigenvalue weighted by molar-refractivity contribution is 6.31. The summed E-state index contributed by atoms with van der Waals surface area (Å²) in [7, 11) is 1.40. The van der Waals surface area contributed by atoms with Gasteiger partial charge in [-0.15, -0.1) is 0 Å². The summed E-state index contributed by atoms with van der Waals surface area (Å²) in [6.07, 6.45) is -4.63. The Morgan fingerprint density at radius 3 is 2.56 bits per heavy atom. The number of anilines is 1. The number of halogens is 4. The molecule has 0 saturated carbocycles. The molecule has 1 aromatic heterocycles. The maximum atomic E-state index is 13.3. The number of aromatic amines is 1. The molecule has 0 saturated heterocycles. The standard InChI is InChI=1S/C17H12ClF3N2O2/c1-25-12-6-5-8(18)7-10(12)13-9-3-2-4-11(17(19,20)21)15(9)23-16(24)14(13)22/h2-7H,22H2,1H3,(H,23,24). The van der Waals surface area contributed by atoms with Gasteiger partial charge >= 0.3 is 6.18 Å². The minimum absolute atomic E-state index is 0.143. The van der Waals surface area contributed by atoms with Crippen LogP contribution in [0, 0.1) is 0 Å². The molecule has 1 heterocycles. The van der Waals surface area contributed by atoms with Crippen LogP contribution in [0.15, 0.2) is 41.2 Å². The molecule has 0 spiro atoms. The molecule has 4 nitrogen and oxygen atoms in total. The lowest BCUT2D eigenvalue weighted by atomic mass is 9.97. The molecular formula is C17H12ClF3N2O2. The summed E-state index contributed by atoms with van der Waals surface area (Å²) in [6, 6.07) is 8.21. The number of benzene rings is 2. The summed E-state index contributed by atoms with van der Waals surface area (Å²) in [4.78, 5) is 14.4. The Morgan fingerprint density at radius 2 is 1.92 bits per heavy atom. The first-order valence-electron chi connectivity index (χ1n) is 7.09. The van der Waals surface area contributed by atoms with Crippen molar-refractivity contribution in [1.29, 1.82) is 0 Å². The Labute approximate surface area is 145 Å². The summed E-state index contributed by atoms with van der Waals surface area (Å²) < 4.78 is 45.1. The molecule has 0 amide bonds. The third-order valence-electron chi connectivity index (χ3n) is 3.82. The largest absolute Gasteiger partial charge is 0.496 e. The van der Waals surface area contributed by atoms with Crippen LogP contribution < -0.4 is 16.0 Å². The number of para-hydroxylation sites is 1. The Hall–Kier alpha value is -2.67. The van der Waals surface area contributed by atoms with Crippen LogP contribution in [0.4, 0.5) is 18.9 Å². The van der Waals surface area contributed by atoms with Gasteiger partial charge in [0.2, 0.25) is 0 Å². The maximum Gasteiger partial charge on any atom is 0.418 e. The van der Waals surface area contributed by atoms with Crippen molar-refractivity contribution in [1.82, 2.24) is 4.98 Å². The van der Waals surface area contributed by atoms with Crippen LogP contribution in [0.2, 0.25) is 5.02 Å². The summed E-state index contributed by atoms with van der Waals surface area (Å²) in [5.41, 5.74) is 4.04. The topological polar surface area (TPSA) is 68.1 Å². The van der Waals surface area contributed by atoms with Gasteiger partial charge in [0.1, 0.15) is 11.4 Å². The number of rotatable bonds is 2. The monoisotopic (exact) mass is 368 g/mol. The molecule has 3 rings (SSSR count). The molecule has 0 aliphatic rings. The van der Waals surface area contributed by atoms with Gasteiger partial charge in [0.15, 0.2) is 0 Å². The van der Waals surface area contributed by atoms with Gasteiger partial charge in [-0.1, -0.05) is 23.7 Å². The number of alkyl halides is 3. The van der Waals surface area contributed by atoms with Crippen LogP contribution in [0.25, 0.3) is 22.0 Å². The second kappa shape index (κ2) is 6.00. The quantitative estimate of drug-likeness (QED) is 0.701. The van der Waals surface area contributed by atoms with Gasteiger partial charge in [-0.05, 0) is 24.3 Å². The molecule has 0 fully saturated rings. The zero-order valence-corrected chi connectivity index (χ0v) is 13.6. The highest BCUT2D eigenvalue weighted by atomic mass is 35.5. The third kappa shape index (κ3) is 2.91. The second-order valence-corrected chi connectivity index (χ2v) is 5.75. The number of methoxy groups -OCH3 is 1. The highest BCUT2D eigenvalue weighted by Crippen LogP contribution is 2.41. The molecule has 3 aromatic rings. The van der Waals surface area contributed by atoms with E-state index in [2.05, 4.69) is 4.98 Å². The summed E-state index contributed by atoms with van der Waals surface area (Å²) in [5.74, 6) is 0.334. The minimum Gasteiger partial charge on any atom is -0.496 e. The minimum atomic E-state index is -4.63. The number of aromatic nitrogens is 1. The van der Waals surface area contributed by atoms with Crippen molar-refractivity contribution >= 4 is 28.2 Å². The van der Waals surface area contributed by atoms with E-state index in [0.29, 0.717) is 16.3 Å². The fraction of sp³-hybridized carbons (Fsp3) is 0.118. The molecule has 3 N–H and O–H groups in total. The Bertz CT molecular complexity index is 1030. The van der Waals surface area contributed by atoms with Crippen LogP contribution in [-0.4, -0.2) is 12.1 Å². The van der Waals surface area contributed by atoms with E-state index in [1.165, 1.54) is 25.3 Å². The lowest BCUT2D eigenvalue weighted by Gasteiger charge is -2.16. The molecule has 2 aromatic carbocycles. The Morgan fingerprint density at radius 1 is 1.20 bits per heavy atom. The average molecular weight is 369 g/mol. The van der Waals surface area contributed by atoms with Gasteiger partial charge in [-0.25, -0.2) is 0 Å². The number of fused-ring (bicyclic) bond motifs is 1. The second-order valence-electron chi connectivity index (χ2n) is 5.31. The molecule has 130 valence electrons. The summed E-state index contributed by atoms with van der Waals surface area (Å²) >= 11 is 6.01. The SMILES string of the molecule is COc1ccc(Cl)cc1-c1c(N)c(=O)[nH]c2c(C(F)(F)F)cccc12. The van der Waals surface area contributed by atoms with E-state index in [1.54, 1.807) is 12.1 Å². The van der Waals surface area contributed by atoms with E-state index in [0.717, 1.165) is 6.07 Å². The highest BCUT2D eigenvalue weighted by Gasteiger charge is 2.33. The molecule has 0 atom stereocenters. The number of ether oxygens (including phenoxy) is 1. The number of nitrogen functional groups attached to an aromatic ring is 1. The lowest BCUT2D eigenvalue weighted by molar-refractivity contribution is -0.136. The first-order valence-corrected chi connectivity index (χ1v) is 7.47. The van der Waals surface area contributed by atoms with Crippen molar-refractivity contribution in [3.8, 4) is 16.9 Å². The van der Waals surface area contributed by atoms with Crippen molar-refractivity contribution in [2.75, 3.05) is 12.8 Å². The van der Waals surface area contributed by atoms with E-state index >= 15 is 0 Å². The predicted molar refractivity (Wildman–Crippen MR) is 91.0 cm³/mol. The van der Waals surface area contributed by atoms with Crippen LogP contribution in [0.1, 0.15) is 5.56 Å². The number of H-pyrrole nitrogens is 1. The van der Waals surface area contributed by atoms with Crippen molar-refractivity contribution < 1.29 is 17.9 Å². The van der Waals surface area contributed by atoms with Gasteiger partial charge in [-0.2, -0.15) is 13.2 Å². The van der Waals surface area contributed by atoms with Crippen LogP contribution in [0.5, 0.6) is 5.75 Å². The molecule has 25 heavy (non-hydrogen) atoms. The lowest BCUT2D eigenvalue weighted by Crippen LogP contribution is -2.16. The maximum absolute atomic E-state index is 13.3. The molecule has 0 aliphatic carbocycles. The van der Waals surface area contributed by atoms with E-state index in [4.69, 9.17) is 22.1 Å².